The SMILES string of the molecule is CCCC(Nc1nc(NN)ncc1[N+](=O)[O-])c1cccs1. The molecular formula is C12H16N6O2S. The number of hydrazine groups is 1. The number of nitrogen functional groups attached to an aromatic ring is 1. The number of nitrogens with two attached hydrogens (primary N) is 1. The maximum atomic E-state index is 11.1. The monoisotopic (exact) mass is 308 g/mol. The number of nitrogens with one attached hydrogen (secondary N) is 2. The standard InChI is InChI=1S/C12H16N6O2S/c1-2-4-8(10-5-3-6-21-10)15-11-9(18(19)20)7-14-12(16-11)17-13/h3,5-8H,2,4,13H2,1H3,(H2,14,15,16,17). The summed E-state index contributed by atoms with van der Waals surface area (Å²) < 4.78 is 0. The first kappa shape index (κ1) is 15.1. The van der Waals surface area contributed by atoms with Gasteiger partial charge in [0.25, 0.3) is 0 Å². The van der Waals surface area contributed by atoms with Crippen molar-refractivity contribution in [3.63, 3.8) is 0 Å². The van der Waals surface area contributed by atoms with Crippen molar-refractivity contribution in [2.24, 2.45) is 5.84 Å². The van der Waals surface area contributed by atoms with Gasteiger partial charge in [0.1, 0.15) is 6.20 Å². The molecule has 2 aromatic rings. The minimum Gasteiger partial charge on any atom is -0.357 e. The molecule has 0 saturated carbocycles. The molecule has 1 atom stereocenters. The molecule has 112 valence electrons. The van der Waals surface area contributed by atoms with Gasteiger partial charge in [-0.05, 0) is 17.9 Å². The smallest absolute Gasteiger partial charge is 0.329 e. The summed E-state index contributed by atoms with van der Waals surface area (Å²) in [6.07, 6.45) is 2.92. The molecule has 0 radical (unpaired) electrons. The van der Waals surface area contributed by atoms with E-state index < -0.39 is 4.92 Å². The predicted molar refractivity (Wildman–Crippen MR) is 82.1 cm³/mol. The van der Waals surface area contributed by atoms with Crippen LogP contribution < -0.4 is 16.6 Å². The van der Waals surface area contributed by atoms with Gasteiger partial charge in [-0.3, -0.25) is 15.5 Å². The van der Waals surface area contributed by atoms with Crippen molar-refractivity contribution in [2.75, 3.05) is 10.7 Å². The Labute approximate surface area is 125 Å². The molecule has 0 aromatic carbocycles. The van der Waals surface area contributed by atoms with Crippen molar-refractivity contribution in [3.05, 3.63) is 38.7 Å². The molecule has 1 unspecified atom stereocenters. The van der Waals surface area contributed by atoms with Crippen LogP contribution in [0, 0.1) is 10.1 Å². The second-order valence-electron chi connectivity index (χ2n) is 4.33. The fraction of sp³-hybridized carbons (Fsp3) is 0.333. The summed E-state index contributed by atoms with van der Waals surface area (Å²) in [5.74, 6) is 5.55. The Hall–Kier alpha value is -2.26. The fourth-order valence-corrected chi connectivity index (χ4v) is 2.73. The molecule has 0 aliphatic carbocycles. The highest BCUT2D eigenvalue weighted by Gasteiger charge is 2.21. The molecule has 21 heavy (non-hydrogen) atoms. The fourth-order valence-electron chi connectivity index (χ4n) is 1.91. The zero-order valence-corrected chi connectivity index (χ0v) is 12.3. The predicted octanol–water partition coefficient (Wildman–Crippen LogP) is 2.69. The zero-order valence-electron chi connectivity index (χ0n) is 11.4. The summed E-state index contributed by atoms with van der Waals surface area (Å²) in [6.45, 7) is 2.06. The van der Waals surface area contributed by atoms with Gasteiger partial charge in [0.15, 0.2) is 0 Å². The third-order valence-corrected chi connectivity index (χ3v) is 3.86. The topological polar surface area (TPSA) is 119 Å². The molecule has 4 N–H and O–H groups in total. The largest absolute Gasteiger partial charge is 0.357 e. The second-order valence-corrected chi connectivity index (χ2v) is 5.31. The van der Waals surface area contributed by atoms with E-state index >= 15 is 0 Å². The minimum atomic E-state index is -0.514. The first-order valence-electron chi connectivity index (χ1n) is 6.43. The summed E-state index contributed by atoms with van der Waals surface area (Å²) >= 11 is 1.60. The summed E-state index contributed by atoms with van der Waals surface area (Å²) in [6, 6.07) is 3.91. The minimum absolute atomic E-state index is 0.0331. The number of nitrogens with zero attached hydrogens (tertiary/aromatic N) is 3. The van der Waals surface area contributed by atoms with Crippen LogP contribution in [0.4, 0.5) is 17.5 Å². The lowest BCUT2D eigenvalue weighted by molar-refractivity contribution is -0.384. The van der Waals surface area contributed by atoms with Crippen molar-refractivity contribution in [1.29, 1.82) is 0 Å². The molecule has 0 aliphatic rings. The van der Waals surface area contributed by atoms with Crippen molar-refractivity contribution < 1.29 is 4.92 Å². The van der Waals surface area contributed by atoms with Crippen LogP contribution >= 0.6 is 11.3 Å². The van der Waals surface area contributed by atoms with E-state index in [-0.39, 0.29) is 23.5 Å². The summed E-state index contributed by atoms with van der Waals surface area (Å²) in [4.78, 5) is 19.5. The third kappa shape index (κ3) is 3.64. The van der Waals surface area contributed by atoms with Crippen LogP contribution in [0.15, 0.2) is 23.7 Å². The van der Waals surface area contributed by atoms with E-state index in [1.807, 2.05) is 17.5 Å². The quantitative estimate of drug-likeness (QED) is 0.408. The second kappa shape index (κ2) is 6.95. The third-order valence-electron chi connectivity index (χ3n) is 2.87. The van der Waals surface area contributed by atoms with E-state index in [1.54, 1.807) is 11.3 Å². The summed E-state index contributed by atoms with van der Waals surface area (Å²) in [5, 5.41) is 16.2. The lowest BCUT2D eigenvalue weighted by Gasteiger charge is -2.17. The van der Waals surface area contributed by atoms with E-state index in [0.717, 1.165) is 23.9 Å². The Kier molecular flexibility index (Phi) is 5.01. The highest BCUT2D eigenvalue weighted by Crippen LogP contribution is 2.30. The molecule has 0 aliphatic heterocycles. The average molecular weight is 308 g/mol. The van der Waals surface area contributed by atoms with Crippen molar-refractivity contribution in [3.8, 4) is 0 Å². The Morgan fingerprint density at radius 2 is 2.38 bits per heavy atom. The molecule has 2 aromatic heterocycles. The van der Waals surface area contributed by atoms with Gasteiger partial charge in [0.2, 0.25) is 11.8 Å². The maximum absolute atomic E-state index is 11.1. The lowest BCUT2D eigenvalue weighted by atomic mass is 10.1. The van der Waals surface area contributed by atoms with Crippen LogP contribution in [-0.4, -0.2) is 14.9 Å². The summed E-state index contributed by atoms with van der Waals surface area (Å²) in [7, 11) is 0. The van der Waals surface area contributed by atoms with Gasteiger partial charge in [0, 0.05) is 4.88 Å². The van der Waals surface area contributed by atoms with E-state index in [0.29, 0.717) is 0 Å². The van der Waals surface area contributed by atoms with Gasteiger partial charge >= 0.3 is 5.69 Å². The van der Waals surface area contributed by atoms with Gasteiger partial charge in [-0.2, -0.15) is 4.98 Å². The molecule has 2 heterocycles. The number of rotatable bonds is 7. The van der Waals surface area contributed by atoms with Crippen molar-refractivity contribution >= 4 is 28.8 Å². The highest BCUT2D eigenvalue weighted by atomic mass is 32.1. The van der Waals surface area contributed by atoms with E-state index in [1.165, 1.54) is 0 Å². The van der Waals surface area contributed by atoms with E-state index in [4.69, 9.17) is 5.84 Å². The average Bonchev–Trinajstić information content (AvgIpc) is 3.00. The first-order valence-corrected chi connectivity index (χ1v) is 7.31. The Balaban J connectivity index is 2.32. The van der Waals surface area contributed by atoms with Gasteiger partial charge < -0.3 is 5.32 Å². The number of hydrogen-bond donors (Lipinski definition) is 3. The highest BCUT2D eigenvalue weighted by molar-refractivity contribution is 7.10. The van der Waals surface area contributed by atoms with Crippen LogP contribution in [0.5, 0.6) is 0 Å². The van der Waals surface area contributed by atoms with Crippen molar-refractivity contribution in [1.82, 2.24) is 9.97 Å². The Morgan fingerprint density at radius 3 is 2.95 bits per heavy atom. The number of nitro groups is 1. The van der Waals surface area contributed by atoms with Crippen LogP contribution in [0.25, 0.3) is 0 Å². The lowest BCUT2D eigenvalue weighted by Crippen LogP contribution is -2.15. The van der Waals surface area contributed by atoms with E-state index in [2.05, 4.69) is 27.6 Å². The van der Waals surface area contributed by atoms with Crippen LogP contribution in [0.2, 0.25) is 0 Å². The van der Waals surface area contributed by atoms with E-state index in [9.17, 15) is 10.1 Å². The van der Waals surface area contributed by atoms with Crippen LogP contribution in [0.1, 0.15) is 30.7 Å². The zero-order chi connectivity index (χ0) is 15.2. The normalized spacial score (nSPS) is 11.9. The first-order chi connectivity index (χ1) is 10.2. The molecule has 0 spiro atoms. The maximum Gasteiger partial charge on any atom is 0.329 e. The Morgan fingerprint density at radius 1 is 1.57 bits per heavy atom. The molecule has 9 heteroatoms. The number of hydrogen-bond acceptors (Lipinski definition) is 8. The molecule has 0 fully saturated rings. The molecule has 0 amide bonds. The van der Waals surface area contributed by atoms with Gasteiger partial charge in [-0.1, -0.05) is 19.4 Å². The summed E-state index contributed by atoms with van der Waals surface area (Å²) in [5.41, 5.74) is 2.12. The molecule has 0 saturated heterocycles. The van der Waals surface area contributed by atoms with Crippen LogP contribution in [-0.2, 0) is 0 Å². The van der Waals surface area contributed by atoms with Gasteiger partial charge in [0.05, 0.1) is 11.0 Å². The molecule has 2 rings (SSSR count). The number of aromatic nitrogens is 2. The molecule has 0 bridgehead atoms. The van der Waals surface area contributed by atoms with Crippen LogP contribution in [0.3, 0.4) is 0 Å². The van der Waals surface area contributed by atoms with Crippen molar-refractivity contribution in [2.45, 2.75) is 25.8 Å². The Bertz CT molecular complexity index is 604. The van der Waals surface area contributed by atoms with Gasteiger partial charge in [-0.25, -0.2) is 10.8 Å². The molecule has 8 nitrogen and oxygen atoms in total. The number of anilines is 2. The van der Waals surface area contributed by atoms with Gasteiger partial charge in [-0.15, -0.1) is 11.3 Å². The number of thiophene rings is 1. The molecular weight excluding hydrogens is 292 g/mol.